The second-order valence-corrected chi connectivity index (χ2v) is 4.61. The molecule has 4 nitrogen and oxygen atoms in total. The average molecular weight is 252 g/mol. The molecule has 0 spiro atoms. The molecule has 0 aromatic carbocycles. The van der Waals surface area contributed by atoms with Gasteiger partial charge in [0, 0.05) is 6.54 Å². The van der Waals surface area contributed by atoms with E-state index >= 15 is 0 Å². The van der Waals surface area contributed by atoms with Crippen LogP contribution >= 0.6 is 0 Å². The van der Waals surface area contributed by atoms with Gasteiger partial charge in [-0.15, -0.1) is 0 Å². The molecular formula is C14H24N2O2. The Morgan fingerprint density at radius 2 is 2.17 bits per heavy atom. The third-order valence-electron chi connectivity index (χ3n) is 2.85. The number of carbonyl (C=O) groups excluding carboxylic acids is 1. The molecule has 0 bridgehead atoms. The summed E-state index contributed by atoms with van der Waals surface area (Å²) < 4.78 is 5.43. The van der Waals surface area contributed by atoms with Crippen molar-refractivity contribution in [3.05, 3.63) is 23.7 Å². The first-order chi connectivity index (χ1) is 8.63. The highest BCUT2D eigenvalue weighted by molar-refractivity contribution is 5.81. The van der Waals surface area contributed by atoms with E-state index in [-0.39, 0.29) is 11.9 Å². The van der Waals surface area contributed by atoms with E-state index in [9.17, 15) is 4.79 Å². The first-order valence-electron chi connectivity index (χ1n) is 6.70. The van der Waals surface area contributed by atoms with Crippen molar-refractivity contribution in [1.82, 2.24) is 10.6 Å². The van der Waals surface area contributed by atoms with Crippen LogP contribution in [0.1, 0.15) is 44.6 Å². The summed E-state index contributed by atoms with van der Waals surface area (Å²) in [5.74, 6) is 1.80. The Labute approximate surface area is 109 Å². The molecule has 0 aliphatic carbocycles. The molecular weight excluding hydrogens is 228 g/mol. The van der Waals surface area contributed by atoms with Crippen molar-refractivity contribution in [2.75, 3.05) is 6.54 Å². The van der Waals surface area contributed by atoms with E-state index in [2.05, 4.69) is 17.6 Å². The molecule has 102 valence electrons. The van der Waals surface area contributed by atoms with Crippen LogP contribution in [0.15, 0.2) is 16.5 Å². The Bertz CT molecular complexity index is 360. The van der Waals surface area contributed by atoms with E-state index in [1.165, 1.54) is 6.42 Å². The van der Waals surface area contributed by atoms with Crippen molar-refractivity contribution in [3.8, 4) is 0 Å². The largest absolute Gasteiger partial charge is 0.465 e. The lowest BCUT2D eigenvalue weighted by Gasteiger charge is -2.13. The van der Waals surface area contributed by atoms with Crippen LogP contribution < -0.4 is 10.6 Å². The van der Waals surface area contributed by atoms with Gasteiger partial charge in [0.2, 0.25) is 5.91 Å². The number of amides is 1. The zero-order chi connectivity index (χ0) is 13.4. The fourth-order valence-electron chi connectivity index (χ4n) is 1.67. The predicted octanol–water partition coefficient (Wildman–Crippen LogP) is 2.37. The normalized spacial score (nSPS) is 12.4. The summed E-state index contributed by atoms with van der Waals surface area (Å²) in [5.41, 5.74) is 0. The summed E-state index contributed by atoms with van der Waals surface area (Å²) in [6, 6.07) is 3.65. The molecule has 1 aromatic rings. The fourth-order valence-corrected chi connectivity index (χ4v) is 1.67. The van der Waals surface area contributed by atoms with Crippen LogP contribution in [0.3, 0.4) is 0 Å². The van der Waals surface area contributed by atoms with E-state index in [0.29, 0.717) is 6.54 Å². The minimum Gasteiger partial charge on any atom is -0.465 e. The Kier molecular flexibility index (Phi) is 6.50. The highest BCUT2D eigenvalue weighted by atomic mass is 16.3. The zero-order valence-corrected chi connectivity index (χ0v) is 11.6. The van der Waals surface area contributed by atoms with Gasteiger partial charge in [0.1, 0.15) is 11.5 Å². The monoisotopic (exact) mass is 252 g/mol. The van der Waals surface area contributed by atoms with Crippen LogP contribution in [-0.2, 0) is 11.3 Å². The number of carbonyl (C=O) groups is 1. The first kappa shape index (κ1) is 14.8. The van der Waals surface area contributed by atoms with Crippen molar-refractivity contribution >= 4 is 5.91 Å². The second-order valence-electron chi connectivity index (χ2n) is 4.61. The third-order valence-corrected chi connectivity index (χ3v) is 2.85. The Morgan fingerprint density at radius 1 is 1.39 bits per heavy atom. The molecule has 1 atom stereocenters. The molecule has 0 fully saturated rings. The number of hydrogen-bond acceptors (Lipinski definition) is 3. The molecule has 4 heteroatoms. The van der Waals surface area contributed by atoms with E-state index < -0.39 is 0 Å². The molecule has 0 aliphatic rings. The number of nitrogens with one attached hydrogen (secondary N) is 2. The summed E-state index contributed by atoms with van der Waals surface area (Å²) in [6.07, 6.45) is 3.38. The van der Waals surface area contributed by atoms with Gasteiger partial charge < -0.3 is 9.73 Å². The van der Waals surface area contributed by atoms with Gasteiger partial charge in [0.25, 0.3) is 0 Å². The van der Waals surface area contributed by atoms with E-state index in [1.807, 2.05) is 26.0 Å². The predicted molar refractivity (Wildman–Crippen MR) is 72.3 cm³/mol. The van der Waals surface area contributed by atoms with Gasteiger partial charge in [-0.25, -0.2) is 0 Å². The molecule has 2 N–H and O–H groups in total. The molecule has 0 saturated heterocycles. The van der Waals surface area contributed by atoms with Crippen LogP contribution in [0.4, 0.5) is 0 Å². The van der Waals surface area contributed by atoms with Crippen molar-refractivity contribution < 1.29 is 9.21 Å². The maximum atomic E-state index is 11.7. The number of hydrogen-bond donors (Lipinski definition) is 2. The van der Waals surface area contributed by atoms with E-state index in [1.54, 1.807) is 0 Å². The SMILES string of the molecule is CCCCCNC(=O)C(C)NCc1ccc(C)o1. The molecule has 0 radical (unpaired) electrons. The Hall–Kier alpha value is -1.29. The summed E-state index contributed by atoms with van der Waals surface area (Å²) >= 11 is 0. The van der Waals surface area contributed by atoms with Gasteiger partial charge in [-0.3, -0.25) is 10.1 Å². The van der Waals surface area contributed by atoms with Gasteiger partial charge in [0.05, 0.1) is 12.6 Å². The van der Waals surface area contributed by atoms with Crippen molar-refractivity contribution in [3.63, 3.8) is 0 Å². The quantitative estimate of drug-likeness (QED) is 0.698. The average Bonchev–Trinajstić information content (AvgIpc) is 2.77. The summed E-state index contributed by atoms with van der Waals surface area (Å²) in [5, 5.41) is 6.07. The highest BCUT2D eigenvalue weighted by Crippen LogP contribution is 2.05. The van der Waals surface area contributed by atoms with Crippen LogP contribution in [0.5, 0.6) is 0 Å². The molecule has 0 aliphatic heterocycles. The lowest BCUT2D eigenvalue weighted by molar-refractivity contribution is -0.122. The van der Waals surface area contributed by atoms with Crippen molar-refractivity contribution in [1.29, 1.82) is 0 Å². The molecule has 1 rings (SSSR count). The number of aryl methyl sites for hydroxylation is 1. The van der Waals surface area contributed by atoms with Crippen LogP contribution in [-0.4, -0.2) is 18.5 Å². The van der Waals surface area contributed by atoms with E-state index in [4.69, 9.17) is 4.42 Å². The van der Waals surface area contributed by atoms with E-state index in [0.717, 1.165) is 30.9 Å². The van der Waals surface area contributed by atoms with Gasteiger partial charge in [-0.2, -0.15) is 0 Å². The number of rotatable bonds is 8. The Balaban J connectivity index is 2.19. The second kappa shape index (κ2) is 7.93. The topological polar surface area (TPSA) is 54.3 Å². The maximum Gasteiger partial charge on any atom is 0.236 e. The minimum absolute atomic E-state index is 0.0504. The minimum atomic E-state index is -0.197. The van der Waals surface area contributed by atoms with Crippen molar-refractivity contribution in [2.24, 2.45) is 0 Å². The maximum absolute atomic E-state index is 11.7. The standard InChI is InChI=1S/C14H24N2O2/c1-4-5-6-9-15-14(17)12(3)16-10-13-8-7-11(2)18-13/h7-8,12,16H,4-6,9-10H2,1-3H3,(H,15,17). The summed E-state index contributed by atoms with van der Waals surface area (Å²) in [7, 11) is 0. The highest BCUT2D eigenvalue weighted by Gasteiger charge is 2.11. The molecule has 18 heavy (non-hydrogen) atoms. The fraction of sp³-hybridized carbons (Fsp3) is 0.643. The number of unbranched alkanes of at least 4 members (excludes halogenated alkanes) is 2. The first-order valence-corrected chi connectivity index (χ1v) is 6.70. The van der Waals surface area contributed by atoms with Gasteiger partial charge in [-0.1, -0.05) is 19.8 Å². The number of furan rings is 1. The molecule has 1 heterocycles. The van der Waals surface area contributed by atoms with Gasteiger partial charge in [-0.05, 0) is 32.4 Å². The zero-order valence-electron chi connectivity index (χ0n) is 11.6. The van der Waals surface area contributed by atoms with Crippen LogP contribution in [0.2, 0.25) is 0 Å². The van der Waals surface area contributed by atoms with Gasteiger partial charge in [0.15, 0.2) is 0 Å². The van der Waals surface area contributed by atoms with Crippen LogP contribution in [0, 0.1) is 6.92 Å². The van der Waals surface area contributed by atoms with Gasteiger partial charge >= 0.3 is 0 Å². The van der Waals surface area contributed by atoms with Crippen molar-refractivity contribution in [2.45, 2.75) is 52.6 Å². The summed E-state index contributed by atoms with van der Waals surface area (Å²) in [6.45, 7) is 7.27. The third kappa shape index (κ3) is 5.36. The Morgan fingerprint density at radius 3 is 2.78 bits per heavy atom. The lowest BCUT2D eigenvalue weighted by atomic mass is 10.2. The molecule has 1 amide bonds. The summed E-state index contributed by atoms with van der Waals surface area (Å²) in [4.78, 5) is 11.7. The molecule has 1 aromatic heterocycles. The smallest absolute Gasteiger partial charge is 0.236 e. The molecule has 1 unspecified atom stereocenters. The molecule has 0 saturated carbocycles. The lowest BCUT2D eigenvalue weighted by Crippen LogP contribution is -2.42. The van der Waals surface area contributed by atoms with Crippen LogP contribution in [0.25, 0.3) is 0 Å².